The molecule has 3 fully saturated rings. The number of fused-ring (bicyclic) bond motifs is 3. The zero-order chi connectivity index (χ0) is 19.7. The number of ether oxygens (including phenoxy) is 2. The number of esters is 1. The van der Waals surface area contributed by atoms with Gasteiger partial charge >= 0.3 is 5.97 Å². The van der Waals surface area contributed by atoms with Gasteiger partial charge in [-0.2, -0.15) is 0 Å². The Labute approximate surface area is 153 Å². The molecule has 3 rings (SSSR count). The highest BCUT2D eigenvalue weighted by molar-refractivity contribution is 6.22. The Hall–Kier alpha value is -2.21. The summed E-state index contributed by atoms with van der Waals surface area (Å²) in [6.45, 7) is 8.21. The number of carbonyl (C=O) groups is 3. The third-order valence-electron chi connectivity index (χ3n) is 5.30. The zero-order valence-electron chi connectivity index (χ0n) is 15.9. The normalized spacial score (nSPS) is 36.2. The van der Waals surface area contributed by atoms with E-state index in [1.807, 2.05) is 6.92 Å². The van der Waals surface area contributed by atoms with Gasteiger partial charge in [-0.3, -0.25) is 14.4 Å². The van der Waals surface area contributed by atoms with Gasteiger partial charge in [-0.1, -0.05) is 18.2 Å². The van der Waals surface area contributed by atoms with E-state index in [1.54, 1.807) is 25.2 Å². The average Bonchev–Trinajstić information content (AvgIpc) is 2.56. The van der Waals surface area contributed by atoms with Crippen molar-refractivity contribution in [2.24, 2.45) is 11.3 Å². The minimum absolute atomic E-state index is 0.118. The van der Waals surface area contributed by atoms with E-state index in [-0.39, 0.29) is 11.3 Å². The lowest BCUT2D eigenvalue weighted by molar-refractivity contribution is -0.198. The quantitative estimate of drug-likeness (QED) is 0.266. The summed E-state index contributed by atoms with van der Waals surface area (Å²) < 4.78 is 11.1. The fourth-order valence-corrected chi connectivity index (χ4v) is 4.07. The highest BCUT2D eigenvalue weighted by atomic mass is 16.6. The second-order valence-corrected chi connectivity index (χ2v) is 6.98. The Kier molecular flexibility index (Phi) is 5.56. The SMILES string of the molecule is C/C=C/C=C/C(O)=C1/C(=O)[C@@]2(C)C(=O)[C@@](C)(OC(C)=O)[C@@H]1CC2OCC. The lowest BCUT2D eigenvalue weighted by atomic mass is 9.50. The monoisotopic (exact) mass is 362 g/mol. The van der Waals surface area contributed by atoms with Gasteiger partial charge in [0.15, 0.2) is 17.2 Å². The molecule has 4 atom stereocenters. The Balaban J connectivity index is 2.64. The molecule has 3 aliphatic rings. The lowest BCUT2D eigenvalue weighted by Crippen LogP contribution is -2.70. The molecule has 0 saturated heterocycles. The van der Waals surface area contributed by atoms with Crippen LogP contribution in [0.1, 0.15) is 41.0 Å². The minimum Gasteiger partial charge on any atom is -0.508 e. The van der Waals surface area contributed by atoms with Crippen LogP contribution in [0.3, 0.4) is 0 Å². The molecule has 0 amide bonds. The van der Waals surface area contributed by atoms with Gasteiger partial charge in [-0.25, -0.2) is 0 Å². The molecule has 0 spiro atoms. The van der Waals surface area contributed by atoms with E-state index in [9.17, 15) is 19.5 Å². The van der Waals surface area contributed by atoms with Crippen molar-refractivity contribution in [3.05, 3.63) is 35.6 Å². The number of carbonyl (C=O) groups excluding carboxylic acids is 3. The van der Waals surface area contributed by atoms with Crippen LogP contribution in [0, 0.1) is 11.3 Å². The number of hydrogen-bond donors (Lipinski definition) is 1. The molecule has 6 heteroatoms. The van der Waals surface area contributed by atoms with Gasteiger partial charge < -0.3 is 14.6 Å². The highest BCUT2D eigenvalue weighted by Gasteiger charge is 2.70. The molecule has 0 heterocycles. The number of aliphatic hydroxyl groups excluding tert-OH is 1. The number of hydrogen-bond acceptors (Lipinski definition) is 6. The van der Waals surface area contributed by atoms with E-state index in [1.165, 1.54) is 26.8 Å². The van der Waals surface area contributed by atoms with Gasteiger partial charge in [-0.15, -0.1) is 0 Å². The molecule has 0 aromatic rings. The van der Waals surface area contributed by atoms with Crippen LogP contribution >= 0.6 is 0 Å². The van der Waals surface area contributed by atoms with E-state index in [0.717, 1.165) is 0 Å². The first-order valence-corrected chi connectivity index (χ1v) is 8.77. The van der Waals surface area contributed by atoms with Gasteiger partial charge in [0.2, 0.25) is 0 Å². The second kappa shape index (κ2) is 7.19. The molecule has 26 heavy (non-hydrogen) atoms. The van der Waals surface area contributed by atoms with Crippen molar-refractivity contribution in [1.82, 2.24) is 0 Å². The molecule has 1 unspecified atom stereocenters. The molecule has 0 aliphatic heterocycles. The summed E-state index contributed by atoms with van der Waals surface area (Å²) in [7, 11) is 0. The average molecular weight is 362 g/mol. The lowest BCUT2D eigenvalue weighted by Gasteiger charge is -2.55. The summed E-state index contributed by atoms with van der Waals surface area (Å²) >= 11 is 0. The molecule has 142 valence electrons. The molecule has 2 bridgehead atoms. The Morgan fingerprint density at radius 2 is 1.96 bits per heavy atom. The van der Waals surface area contributed by atoms with E-state index < -0.39 is 40.6 Å². The predicted octanol–water partition coefficient (Wildman–Crippen LogP) is 2.84. The summed E-state index contributed by atoms with van der Waals surface area (Å²) in [5.74, 6) is -2.54. The van der Waals surface area contributed by atoms with E-state index in [4.69, 9.17) is 9.47 Å². The number of rotatable bonds is 5. The number of ketones is 2. The van der Waals surface area contributed by atoms with Crippen LogP contribution in [-0.2, 0) is 23.9 Å². The third-order valence-corrected chi connectivity index (χ3v) is 5.30. The van der Waals surface area contributed by atoms with Crippen LogP contribution < -0.4 is 0 Å². The first-order chi connectivity index (χ1) is 12.1. The predicted molar refractivity (Wildman–Crippen MR) is 95.4 cm³/mol. The largest absolute Gasteiger partial charge is 0.508 e. The summed E-state index contributed by atoms with van der Waals surface area (Å²) in [5, 5.41) is 10.5. The molecule has 1 N–H and O–H groups in total. The first kappa shape index (κ1) is 20.1. The zero-order valence-corrected chi connectivity index (χ0v) is 15.9. The second-order valence-electron chi connectivity index (χ2n) is 6.98. The molecule has 0 aromatic heterocycles. The molecule has 3 aliphatic carbocycles. The molecule has 3 saturated carbocycles. The van der Waals surface area contributed by atoms with Crippen molar-refractivity contribution in [2.75, 3.05) is 6.61 Å². The Bertz CT molecular complexity index is 716. The van der Waals surface area contributed by atoms with E-state index in [0.29, 0.717) is 13.0 Å². The van der Waals surface area contributed by atoms with Crippen LogP contribution in [0.4, 0.5) is 0 Å². The maximum Gasteiger partial charge on any atom is 0.303 e. The van der Waals surface area contributed by atoms with Crippen molar-refractivity contribution in [1.29, 1.82) is 0 Å². The number of allylic oxidation sites excluding steroid dienone is 4. The van der Waals surface area contributed by atoms with E-state index >= 15 is 0 Å². The highest BCUT2D eigenvalue weighted by Crippen LogP contribution is 2.55. The summed E-state index contributed by atoms with van der Waals surface area (Å²) in [6.07, 6.45) is 6.20. The maximum atomic E-state index is 13.2. The topological polar surface area (TPSA) is 89.9 Å². The van der Waals surface area contributed by atoms with Crippen molar-refractivity contribution in [3.8, 4) is 0 Å². The van der Waals surface area contributed by atoms with Crippen LogP contribution in [0.15, 0.2) is 35.6 Å². The number of aliphatic hydroxyl groups is 1. The van der Waals surface area contributed by atoms with Crippen LogP contribution in [0.25, 0.3) is 0 Å². The van der Waals surface area contributed by atoms with Crippen molar-refractivity contribution < 1.29 is 29.0 Å². The third kappa shape index (κ3) is 2.92. The van der Waals surface area contributed by atoms with Crippen molar-refractivity contribution in [3.63, 3.8) is 0 Å². The molecular formula is C20H26O6. The number of Topliss-reactive ketones (excluding diaryl/α,β-unsaturated/α-hetero) is 2. The molecule has 6 nitrogen and oxygen atoms in total. The molecule has 0 aromatic carbocycles. The fourth-order valence-electron chi connectivity index (χ4n) is 4.07. The van der Waals surface area contributed by atoms with Crippen LogP contribution in [-0.4, -0.2) is 41.0 Å². The smallest absolute Gasteiger partial charge is 0.303 e. The van der Waals surface area contributed by atoms with Gasteiger partial charge in [0.25, 0.3) is 0 Å². The van der Waals surface area contributed by atoms with Crippen LogP contribution in [0.5, 0.6) is 0 Å². The van der Waals surface area contributed by atoms with Gasteiger partial charge in [-0.05, 0) is 40.2 Å². The molecule has 0 radical (unpaired) electrons. The Morgan fingerprint density at radius 3 is 2.50 bits per heavy atom. The Morgan fingerprint density at radius 1 is 1.31 bits per heavy atom. The van der Waals surface area contributed by atoms with Crippen molar-refractivity contribution >= 4 is 17.5 Å². The van der Waals surface area contributed by atoms with Crippen molar-refractivity contribution in [2.45, 2.75) is 52.7 Å². The summed E-state index contributed by atoms with van der Waals surface area (Å²) in [4.78, 5) is 37.9. The standard InChI is InChI=1S/C20H26O6/c1-6-8-9-10-14(22)16-13-11-15(25-7-2)19(4,17(16)23)18(24)20(13,5)26-12(3)21/h6,8-10,13,15,22H,7,11H2,1-5H3/b8-6+,10-9+,16-14-/t13-,15?,19+,20+/m1/s1. The van der Waals surface area contributed by atoms with Gasteiger partial charge in [0.05, 0.1) is 6.10 Å². The molecular weight excluding hydrogens is 336 g/mol. The van der Waals surface area contributed by atoms with E-state index in [2.05, 4.69) is 0 Å². The summed E-state index contributed by atoms with van der Waals surface area (Å²) in [6, 6.07) is 0. The minimum atomic E-state index is -1.51. The van der Waals surface area contributed by atoms with Crippen LogP contribution in [0.2, 0.25) is 0 Å². The first-order valence-electron chi connectivity index (χ1n) is 8.77. The maximum absolute atomic E-state index is 13.2. The fraction of sp³-hybridized carbons (Fsp3) is 0.550. The van der Waals surface area contributed by atoms with Gasteiger partial charge in [0, 0.05) is 25.0 Å². The van der Waals surface area contributed by atoms with Gasteiger partial charge in [0.1, 0.15) is 11.2 Å². The summed E-state index contributed by atoms with van der Waals surface area (Å²) in [5.41, 5.74) is -2.90.